The molecular weight excluding hydrogens is 266 g/mol. The lowest BCUT2D eigenvalue weighted by atomic mass is 10.0. The molecule has 6 nitrogen and oxygen atoms in total. The summed E-state index contributed by atoms with van der Waals surface area (Å²) >= 11 is 0. The van der Waals surface area contributed by atoms with Gasteiger partial charge in [0.2, 0.25) is 5.09 Å². The third kappa shape index (κ3) is 3.56. The summed E-state index contributed by atoms with van der Waals surface area (Å²) in [6.07, 6.45) is 3.35. The van der Waals surface area contributed by atoms with Crippen LogP contribution in [0.5, 0.6) is 0 Å². The van der Waals surface area contributed by atoms with Crippen LogP contribution in [0.15, 0.2) is 21.6 Å². The molecule has 1 unspecified atom stereocenters. The summed E-state index contributed by atoms with van der Waals surface area (Å²) in [6.45, 7) is 1.63. The zero-order valence-electron chi connectivity index (χ0n) is 11.1. The highest BCUT2D eigenvalue weighted by molar-refractivity contribution is 7.89. The van der Waals surface area contributed by atoms with Crippen molar-refractivity contribution in [2.75, 3.05) is 20.1 Å². The maximum atomic E-state index is 12.0. The van der Waals surface area contributed by atoms with Crippen LogP contribution in [0, 0.1) is 0 Å². The minimum Gasteiger partial charge on any atom is -0.447 e. The van der Waals surface area contributed by atoms with Crippen molar-refractivity contribution in [1.29, 1.82) is 0 Å². The summed E-state index contributed by atoms with van der Waals surface area (Å²) in [5.74, 6) is 0.468. The van der Waals surface area contributed by atoms with E-state index in [1.807, 2.05) is 7.05 Å². The van der Waals surface area contributed by atoms with Crippen LogP contribution >= 0.6 is 0 Å². The summed E-state index contributed by atoms with van der Waals surface area (Å²) in [5, 5.41) is -0.0635. The second-order valence-electron chi connectivity index (χ2n) is 4.91. The molecule has 3 N–H and O–H groups in total. The Morgan fingerprint density at radius 1 is 1.47 bits per heavy atom. The third-order valence-electron chi connectivity index (χ3n) is 3.53. The highest BCUT2D eigenvalue weighted by Gasteiger charge is 2.23. The lowest BCUT2D eigenvalue weighted by molar-refractivity contribution is 0.187. The van der Waals surface area contributed by atoms with Crippen molar-refractivity contribution in [3.05, 3.63) is 17.9 Å². The first kappa shape index (κ1) is 14.5. The van der Waals surface area contributed by atoms with Crippen molar-refractivity contribution in [1.82, 2.24) is 9.62 Å². The number of likely N-dealkylation sites (N-methyl/N-ethyl adjacent to an activating group) is 1. The second-order valence-corrected chi connectivity index (χ2v) is 6.60. The number of nitrogens with two attached hydrogens (primary N) is 1. The van der Waals surface area contributed by atoms with Crippen LogP contribution in [0.2, 0.25) is 0 Å². The fraction of sp³-hybridized carbons (Fsp3) is 0.667. The Balaban J connectivity index is 1.97. The van der Waals surface area contributed by atoms with Gasteiger partial charge in [-0.3, -0.25) is 0 Å². The molecule has 0 radical (unpaired) electrons. The van der Waals surface area contributed by atoms with Crippen molar-refractivity contribution in [3.8, 4) is 0 Å². The van der Waals surface area contributed by atoms with Gasteiger partial charge < -0.3 is 15.1 Å². The van der Waals surface area contributed by atoms with Crippen LogP contribution in [-0.2, 0) is 16.6 Å². The monoisotopic (exact) mass is 287 g/mol. The first-order valence-corrected chi connectivity index (χ1v) is 8.00. The molecule has 1 aromatic heterocycles. The van der Waals surface area contributed by atoms with E-state index in [1.54, 1.807) is 6.07 Å². The van der Waals surface area contributed by atoms with Gasteiger partial charge in [0.05, 0.1) is 6.54 Å². The summed E-state index contributed by atoms with van der Waals surface area (Å²) in [7, 11) is -1.55. The van der Waals surface area contributed by atoms with Gasteiger partial charge in [-0.25, -0.2) is 13.1 Å². The average Bonchev–Trinajstić information content (AvgIpc) is 2.87. The van der Waals surface area contributed by atoms with Gasteiger partial charge >= 0.3 is 0 Å². The summed E-state index contributed by atoms with van der Waals surface area (Å²) < 4.78 is 31.9. The summed E-state index contributed by atoms with van der Waals surface area (Å²) in [4.78, 5) is 2.19. The number of hydrogen-bond donors (Lipinski definition) is 2. The molecule has 7 heteroatoms. The van der Waals surface area contributed by atoms with E-state index in [0.717, 1.165) is 19.4 Å². The zero-order valence-corrected chi connectivity index (χ0v) is 11.9. The zero-order chi connectivity index (χ0) is 13.9. The van der Waals surface area contributed by atoms with E-state index < -0.39 is 10.0 Å². The van der Waals surface area contributed by atoms with Gasteiger partial charge in [-0.2, -0.15) is 0 Å². The number of nitrogens with one attached hydrogen (secondary N) is 1. The van der Waals surface area contributed by atoms with Crippen LogP contribution in [0.3, 0.4) is 0 Å². The topological polar surface area (TPSA) is 88.6 Å². The largest absolute Gasteiger partial charge is 0.447 e. The quantitative estimate of drug-likeness (QED) is 0.823. The molecule has 2 heterocycles. The van der Waals surface area contributed by atoms with Crippen LogP contribution < -0.4 is 10.5 Å². The van der Waals surface area contributed by atoms with Gasteiger partial charge in [-0.05, 0) is 38.6 Å². The first-order chi connectivity index (χ1) is 9.03. The third-order valence-corrected chi connectivity index (χ3v) is 4.83. The van der Waals surface area contributed by atoms with Crippen molar-refractivity contribution >= 4 is 10.0 Å². The fourth-order valence-electron chi connectivity index (χ4n) is 2.29. The Bertz CT molecular complexity index is 512. The smallest absolute Gasteiger partial charge is 0.274 e. The number of nitrogens with zero attached hydrogens (tertiary/aromatic N) is 1. The van der Waals surface area contributed by atoms with Crippen LogP contribution in [0.4, 0.5) is 0 Å². The number of hydrogen-bond acceptors (Lipinski definition) is 5. The standard InChI is InChI=1S/C12H21N3O3S/c1-15-7-3-2-4-10(15)9-14-19(16,17)12-6-5-11(8-13)18-12/h5-6,10,14H,2-4,7-9,13H2,1H3. The Hall–Kier alpha value is -0.890. The van der Waals surface area contributed by atoms with E-state index in [0.29, 0.717) is 12.3 Å². The Labute approximate surface area is 114 Å². The van der Waals surface area contributed by atoms with Gasteiger partial charge in [0.15, 0.2) is 0 Å². The van der Waals surface area contributed by atoms with Gasteiger partial charge in [0, 0.05) is 12.6 Å². The predicted molar refractivity (Wildman–Crippen MR) is 72.1 cm³/mol. The highest BCUT2D eigenvalue weighted by atomic mass is 32.2. The maximum Gasteiger partial charge on any atom is 0.274 e. The molecule has 108 valence electrons. The van der Waals surface area contributed by atoms with Crippen LogP contribution in [0.25, 0.3) is 0 Å². The summed E-state index contributed by atoms with van der Waals surface area (Å²) in [5.41, 5.74) is 5.40. The lowest BCUT2D eigenvalue weighted by Crippen LogP contribution is -2.44. The molecule has 1 aliphatic rings. The van der Waals surface area contributed by atoms with Gasteiger partial charge in [0.1, 0.15) is 5.76 Å². The van der Waals surface area contributed by atoms with E-state index in [-0.39, 0.29) is 17.7 Å². The van der Waals surface area contributed by atoms with Gasteiger partial charge in [0.25, 0.3) is 10.0 Å². The molecule has 19 heavy (non-hydrogen) atoms. The lowest BCUT2D eigenvalue weighted by Gasteiger charge is -2.32. The Morgan fingerprint density at radius 3 is 2.89 bits per heavy atom. The SMILES string of the molecule is CN1CCCCC1CNS(=O)(=O)c1ccc(CN)o1. The number of likely N-dealkylation sites (tertiary alicyclic amines) is 1. The van der Waals surface area contributed by atoms with Crippen molar-refractivity contribution < 1.29 is 12.8 Å². The first-order valence-electron chi connectivity index (χ1n) is 6.51. The molecule has 0 spiro atoms. The number of rotatable bonds is 5. The number of piperidine rings is 1. The highest BCUT2D eigenvalue weighted by Crippen LogP contribution is 2.16. The molecule has 1 aromatic rings. The molecular formula is C12H21N3O3S. The van der Waals surface area contributed by atoms with E-state index in [4.69, 9.17) is 10.2 Å². The fourth-order valence-corrected chi connectivity index (χ4v) is 3.31. The Morgan fingerprint density at radius 2 is 2.26 bits per heavy atom. The molecule has 0 bridgehead atoms. The average molecular weight is 287 g/mol. The maximum absolute atomic E-state index is 12.0. The number of sulfonamides is 1. The normalized spacial score (nSPS) is 21.7. The van der Waals surface area contributed by atoms with Gasteiger partial charge in [-0.15, -0.1) is 0 Å². The molecule has 1 saturated heterocycles. The van der Waals surface area contributed by atoms with Crippen LogP contribution in [0.1, 0.15) is 25.0 Å². The minimum absolute atomic E-state index is 0.0635. The molecule has 0 saturated carbocycles. The van der Waals surface area contributed by atoms with Crippen molar-refractivity contribution in [2.24, 2.45) is 5.73 Å². The molecule has 1 fully saturated rings. The molecule has 0 amide bonds. The number of furan rings is 1. The molecule has 2 rings (SSSR count). The Kier molecular flexibility index (Phi) is 4.62. The van der Waals surface area contributed by atoms with Crippen molar-refractivity contribution in [2.45, 2.75) is 36.9 Å². The minimum atomic E-state index is -3.57. The van der Waals surface area contributed by atoms with Crippen molar-refractivity contribution in [3.63, 3.8) is 0 Å². The molecule has 0 aliphatic carbocycles. The second kappa shape index (κ2) is 6.04. The summed E-state index contributed by atoms with van der Waals surface area (Å²) in [6, 6.07) is 3.28. The van der Waals surface area contributed by atoms with E-state index in [1.165, 1.54) is 12.5 Å². The van der Waals surface area contributed by atoms with Gasteiger partial charge in [-0.1, -0.05) is 6.42 Å². The molecule has 1 aliphatic heterocycles. The van der Waals surface area contributed by atoms with E-state index >= 15 is 0 Å². The van der Waals surface area contributed by atoms with Crippen LogP contribution in [-0.4, -0.2) is 39.5 Å². The predicted octanol–water partition coefficient (Wildman–Crippen LogP) is 0.501. The molecule has 0 aromatic carbocycles. The van der Waals surface area contributed by atoms with E-state index in [2.05, 4.69) is 9.62 Å². The molecule has 1 atom stereocenters. The van der Waals surface area contributed by atoms with E-state index in [9.17, 15) is 8.42 Å².